The topological polar surface area (TPSA) is 49.4 Å². The Balaban J connectivity index is 2.41. The third-order valence-corrected chi connectivity index (χ3v) is 5.16. The molecular formula is C12H17FN2O2S. The quantitative estimate of drug-likeness (QED) is 0.877. The molecule has 1 saturated heterocycles. The van der Waals surface area contributed by atoms with E-state index >= 15 is 0 Å². The van der Waals surface area contributed by atoms with Crippen LogP contribution >= 0.6 is 0 Å². The molecule has 18 heavy (non-hydrogen) atoms. The van der Waals surface area contributed by atoms with Crippen molar-refractivity contribution in [1.82, 2.24) is 9.62 Å². The van der Waals surface area contributed by atoms with Crippen molar-refractivity contribution in [3.8, 4) is 0 Å². The Hall–Kier alpha value is -0.980. The van der Waals surface area contributed by atoms with Gasteiger partial charge in [-0.1, -0.05) is 6.07 Å². The van der Waals surface area contributed by atoms with Gasteiger partial charge in [-0.25, -0.2) is 12.8 Å². The summed E-state index contributed by atoms with van der Waals surface area (Å²) in [7, 11) is -3.74. The van der Waals surface area contributed by atoms with Crippen LogP contribution in [0.4, 0.5) is 4.39 Å². The molecule has 100 valence electrons. The van der Waals surface area contributed by atoms with Crippen molar-refractivity contribution in [2.75, 3.05) is 19.6 Å². The van der Waals surface area contributed by atoms with Crippen molar-refractivity contribution in [1.29, 1.82) is 0 Å². The normalized spacial score (nSPS) is 22.1. The number of sulfonamides is 1. The molecule has 1 aromatic carbocycles. The zero-order valence-corrected chi connectivity index (χ0v) is 11.3. The Kier molecular flexibility index (Phi) is 3.70. The Labute approximate surface area is 107 Å². The molecule has 1 fully saturated rings. The van der Waals surface area contributed by atoms with Gasteiger partial charge >= 0.3 is 0 Å². The molecule has 0 amide bonds. The van der Waals surface area contributed by atoms with Gasteiger partial charge < -0.3 is 5.32 Å². The number of nitrogens with zero attached hydrogens (tertiary/aromatic N) is 1. The van der Waals surface area contributed by atoms with Gasteiger partial charge in [0, 0.05) is 25.7 Å². The predicted octanol–water partition coefficient (Wildman–Crippen LogP) is 1.12. The molecule has 1 atom stereocenters. The number of benzene rings is 1. The minimum absolute atomic E-state index is 0.163. The second kappa shape index (κ2) is 4.95. The lowest BCUT2D eigenvalue weighted by atomic mass is 10.2. The Morgan fingerprint density at radius 2 is 2.17 bits per heavy atom. The monoisotopic (exact) mass is 272 g/mol. The van der Waals surface area contributed by atoms with Crippen LogP contribution in [-0.4, -0.2) is 38.4 Å². The Morgan fingerprint density at radius 1 is 1.44 bits per heavy atom. The molecule has 1 aliphatic rings. The molecule has 0 unspecified atom stereocenters. The minimum atomic E-state index is -3.74. The fourth-order valence-electron chi connectivity index (χ4n) is 2.12. The van der Waals surface area contributed by atoms with Crippen LogP contribution in [0, 0.1) is 12.7 Å². The molecule has 2 rings (SSSR count). The highest BCUT2D eigenvalue weighted by Gasteiger charge is 2.32. The second-order valence-electron chi connectivity index (χ2n) is 4.60. The van der Waals surface area contributed by atoms with Gasteiger partial charge in [0.05, 0.1) is 0 Å². The number of piperazine rings is 1. The van der Waals surface area contributed by atoms with Crippen LogP contribution in [0.25, 0.3) is 0 Å². The summed E-state index contributed by atoms with van der Waals surface area (Å²) >= 11 is 0. The maximum Gasteiger partial charge on any atom is 0.246 e. The van der Waals surface area contributed by atoms with Crippen LogP contribution in [0.15, 0.2) is 23.1 Å². The summed E-state index contributed by atoms with van der Waals surface area (Å²) in [6.07, 6.45) is 0. The summed E-state index contributed by atoms with van der Waals surface area (Å²) in [4.78, 5) is -0.234. The van der Waals surface area contributed by atoms with Gasteiger partial charge in [-0.2, -0.15) is 4.31 Å². The van der Waals surface area contributed by atoms with E-state index in [-0.39, 0.29) is 10.9 Å². The number of aryl methyl sites for hydroxylation is 1. The lowest BCUT2D eigenvalue weighted by molar-refractivity contribution is 0.283. The van der Waals surface area contributed by atoms with Crippen molar-refractivity contribution >= 4 is 10.0 Å². The first-order valence-electron chi connectivity index (χ1n) is 5.91. The highest BCUT2D eigenvalue weighted by Crippen LogP contribution is 2.22. The summed E-state index contributed by atoms with van der Waals surface area (Å²) in [6.45, 7) is 5.10. The largest absolute Gasteiger partial charge is 0.314 e. The smallest absolute Gasteiger partial charge is 0.246 e. The maximum atomic E-state index is 13.8. The highest BCUT2D eigenvalue weighted by molar-refractivity contribution is 7.89. The molecule has 0 aromatic heterocycles. The first-order valence-corrected chi connectivity index (χ1v) is 7.35. The Bertz CT molecular complexity index is 545. The summed E-state index contributed by atoms with van der Waals surface area (Å²) in [5.74, 6) is -0.680. The van der Waals surface area contributed by atoms with Crippen molar-refractivity contribution in [3.63, 3.8) is 0 Å². The molecule has 6 heteroatoms. The lowest BCUT2D eigenvalue weighted by Crippen LogP contribution is -2.52. The number of halogens is 1. The number of hydrogen-bond donors (Lipinski definition) is 1. The SMILES string of the molecule is Cc1ccc(S(=O)(=O)N2CCNC[C@H]2C)c(F)c1. The van der Waals surface area contributed by atoms with E-state index in [2.05, 4.69) is 5.32 Å². The van der Waals surface area contributed by atoms with Gasteiger partial charge in [0.25, 0.3) is 0 Å². The van der Waals surface area contributed by atoms with Gasteiger partial charge in [0.1, 0.15) is 10.7 Å². The van der Waals surface area contributed by atoms with Crippen molar-refractivity contribution in [3.05, 3.63) is 29.6 Å². The standard InChI is InChI=1S/C12H17FN2O2S/c1-9-3-4-12(11(13)7-9)18(16,17)15-6-5-14-8-10(15)2/h3-4,7,10,14H,5-6,8H2,1-2H3/t10-/m1/s1. The predicted molar refractivity (Wildman–Crippen MR) is 67.4 cm³/mol. The van der Waals surface area contributed by atoms with E-state index in [4.69, 9.17) is 0 Å². The van der Waals surface area contributed by atoms with E-state index in [9.17, 15) is 12.8 Å². The summed E-state index contributed by atoms with van der Waals surface area (Å²) < 4.78 is 39.9. The van der Waals surface area contributed by atoms with Gasteiger partial charge in [0.15, 0.2) is 0 Å². The van der Waals surface area contributed by atoms with E-state index in [0.29, 0.717) is 25.2 Å². The average molecular weight is 272 g/mol. The van der Waals surface area contributed by atoms with Gasteiger partial charge in [-0.3, -0.25) is 0 Å². The van der Waals surface area contributed by atoms with Gasteiger partial charge in [-0.05, 0) is 31.5 Å². The fraction of sp³-hybridized carbons (Fsp3) is 0.500. The lowest BCUT2D eigenvalue weighted by Gasteiger charge is -2.32. The molecule has 4 nitrogen and oxygen atoms in total. The van der Waals surface area contributed by atoms with Gasteiger partial charge in [0.2, 0.25) is 10.0 Å². The molecule has 0 bridgehead atoms. The number of nitrogens with one attached hydrogen (secondary N) is 1. The van der Waals surface area contributed by atoms with Crippen LogP contribution in [0.2, 0.25) is 0 Å². The molecule has 1 aliphatic heterocycles. The first kappa shape index (κ1) is 13.5. The van der Waals surface area contributed by atoms with Crippen molar-refractivity contribution < 1.29 is 12.8 Å². The maximum absolute atomic E-state index is 13.8. The molecule has 0 aliphatic carbocycles. The average Bonchev–Trinajstić information content (AvgIpc) is 2.28. The molecular weight excluding hydrogens is 255 g/mol. The van der Waals surface area contributed by atoms with Gasteiger partial charge in [-0.15, -0.1) is 0 Å². The molecule has 1 heterocycles. The molecule has 0 radical (unpaired) electrons. The Morgan fingerprint density at radius 3 is 2.78 bits per heavy atom. The molecule has 1 aromatic rings. The van der Waals surface area contributed by atoms with Crippen LogP contribution in [0.3, 0.4) is 0 Å². The number of rotatable bonds is 2. The van der Waals surface area contributed by atoms with Crippen LogP contribution < -0.4 is 5.32 Å². The third-order valence-electron chi connectivity index (χ3n) is 3.11. The van der Waals surface area contributed by atoms with E-state index in [0.717, 1.165) is 0 Å². The molecule has 0 spiro atoms. The van der Waals surface area contributed by atoms with E-state index in [1.165, 1.54) is 16.4 Å². The van der Waals surface area contributed by atoms with Crippen LogP contribution in [0.5, 0.6) is 0 Å². The molecule has 1 N–H and O–H groups in total. The summed E-state index contributed by atoms with van der Waals surface area (Å²) in [6, 6.07) is 4.04. The van der Waals surface area contributed by atoms with Crippen LogP contribution in [0.1, 0.15) is 12.5 Å². The summed E-state index contributed by atoms with van der Waals surface area (Å²) in [5.41, 5.74) is 0.708. The highest BCUT2D eigenvalue weighted by atomic mass is 32.2. The van der Waals surface area contributed by atoms with E-state index < -0.39 is 15.8 Å². The zero-order chi connectivity index (χ0) is 13.3. The van der Waals surface area contributed by atoms with E-state index in [1.807, 2.05) is 6.92 Å². The van der Waals surface area contributed by atoms with E-state index in [1.54, 1.807) is 13.0 Å². The minimum Gasteiger partial charge on any atom is -0.314 e. The first-order chi connectivity index (χ1) is 8.43. The van der Waals surface area contributed by atoms with Crippen molar-refractivity contribution in [2.24, 2.45) is 0 Å². The summed E-state index contributed by atoms with van der Waals surface area (Å²) in [5, 5.41) is 3.11. The third kappa shape index (κ3) is 2.41. The molecule has 0 saturated carbocycles. The zero-order valence-electron chi connectivity index (χ0n) is 10.5. The second-order valence-corrected chi connectivity index (χ2v) is 6.46. The number of hydrogen-bond acceptors (Lipinski definition) is 3. The fourth-order valence-corrected chi connectivity index (χ4v) is 3.80. The van der Waals surface area contributed by atoms with Crippen molar-refractivity contribution in [2.45, 2.75) is 24.8 Å². The van der Waals surface area contributed by atoms with Crippen LogP contribution in [-0.2, 0) is 10.0 Å².